The van der Waals surface area contributed by atoms with Gasteiger partial charge in [-0.1, -0.05) is 12.1 Å². The molecule has 1 saturated carbocycles. The minimum atomic E-state index is -2.82. The Morgan fingerprint density at radius 2 is 2.16 bits per heavy atom. The number of rotatable bonds is 11. The van der Waals surface area contributed by atoms with E-state index in [1.54, 1.807) is 12.1 Å². The van der Waals surface area contributed by atoms with E-state index in [1.807, 2.05) is 13.0 Å². The second-order valence-electron chi connectivity index (χ2n) is 6.02. The molecule has 0 spiro atoms. The molecule has 0 aromatic heterocycles. The minimum Gasteiger partial charge on any atom is -0.435 e. The molecule has 1 aromatic rings. The van der Waals surface area contributed by atoms with Crippen LogP contribution in [0.1, 0.15) is 31.7 Å². The number of hydrogen-bond acceptors (Lipinski definition) is 3. The van der Waals surface area contributed by atoms with Crippen molar-refractivity contribution >= 4 is 5.96 Å². The molecule has 0 unspecified atom stereocenters. The molecule has 25 heavy (non-hydrogen) atoms. The van der Waals surface area contributed by atoms with Crippen molar-refractivity contribution in [1.29, 1.82) is 0 Å². The summed E-state index contributed by atoms with van der Waals surface area (Å²) in [4.78, 5) is 4.47. The zero-order chi connectivity index (χ0) is 17.9. The van der Waals surface area contributed by atoms with Crippen LogP contribution in [0.4, 0.5) is 8.78 Å². The molecule has 0 aliphatic heterocycles. The Morgan fingerprint density at radius 3 is 2.88 bits per heavy atom. The highest BCUT2D eigenvalue weighted by atomic mass is 19.3. The van der Waals surface area contributed by atoms with Gasteiger partial charge in [0.25, 0.3) is 0 Å². The number of nitrogens with one attached hydrogen (secondary N) is 2. The van der Waals surface area contributed by atoms with Crippen molar-refractivity contribution < 1.29 is 18.3 Å². The van der Waals surface area contributed by atoms with Crippen molar-refractivity contribution in [2.24, 2.45) is 10.9 Å². The highest BCUT2D eigenvalue weighted by Gasteiger charge is 2.20. The van der Waals surface area contributed by atoms with Gasteiger partial charge in [0.2, 0.25) is 0 Å². The summed E-state index contributed by atoms with van der Waals surface area (Å²) in [5, 5.41) is 6.41. The third-order valence-electron chi connectivity index (χ3n) is 3.70. The van der Waals surface area contributed by atoms with Gasteiger partial charge in [-0.3, -0.25) is 0 Å². The minimum absolute atomic E-state index is 0.147. The number of alkyl halides is 2. The Labute approximate surface area is 147 Å². The zero-order valence-corrected chi connectivity index (χ0v) is 14.6. The number of guanidine groups is 1. The summed E-state index contributed by atoms with van der Waals surface area (Å²) in [5.41, 5.74) is 0.808. The molecule has 2 rings (SSSR count). The molecule has 0 bridgehead atoms. The van der Waals surface area contributed by atoms with Crippen molar-refractivity contribution in [3.63, 3.8) is 0 Å². The van der Waals surface area contributed by atoms with E-state index in [-0.39, 0.29) is 5.75 Å². The van der Waals surface area contributed by atoms with Crippen LogP contribution in [0.15, 0.2) is 29.3 Å². The van der Waals surface area contributed by atoms with Crippen LogP contribution in [0.5, 0.6) is 5.75 Å². The molecular weight excluding hydrogens is 328 g/mol. The van der Waals surface area contributed by atoms with Gasteiger partial charge in [-0.15, -0.1) is 0 Å². The highest BCUT2D eigenvalue weighted by Crippen LogP contribution is 2.28. The number of benzene rings is 1. The van der Waals surface area contributed by atoms with E-state index in [0.717, 1.165) is 44.2 Å². The summed E-state index contributed by atoms with van der Waals surface area (Å²) in [5.74, 6) is 1.63. The maximum absolute atomic E-state index is 12.3. The molecular formula is C18H27F2N3O2. The molecule has 1 aromatic carbocycles. The number of aliphatic imine (C=N–C) groups is 1. The van der Waals surface area contributed by atoms with Gasteiger partial charge in [0.1, 0.15) is 5.75 Å². The summed E-state index contributed by atoms with van der Waals surface area (Å²) < 4.78 is 34.5. The highest BCUT2D eigenvalue weighted by molar-refractivity contribution is 5.79. The molecule has 1 fully saturated rings. The maximum atomic E-state index is 12.3. The van der Waals surface area contributed by atoms with E-state index in [4.69, 9.17) is 4.74 Å². The largest absolute Gasteiger partial charge is 0.435 e. The average molecular weight is 355 g/mol. The van der Waals surface area contributed by atoms with Gasteiger partial charge >= 0.3 is 6.61 Å². The molecule has 0 atom stereocenters. The first-order valence-electron chi connectivity index (χ1n) is 8.81. The quantitative estimate of drug-likeness (QED) is 0.364. The molecule has 1 aliphatic rings. The van der Waals surface area contributed by atoms with E-state index < -0.39 is 6.61 Å². The van der Waals surface area contributed by atoms with Gasteiger partial charge in [0.15, 0.2) is 5.96 Å². The lowest BCUT2D eigenvalue weighted by atomic mass is 10.2. The third-order valence-corrected chi connectivity index (χ3v) is 3.70. The van der Waals surface area contributed by atoms with Crippen molar-refractivity contribution in [3.05, 3.63) is 29.8 Å². The summed E-state index contributed by atoms with van der Waals surface area (Å²) in [6.07, 6.45) is 3.52. The fraction of sp³-hybridized carbons (Fsp3) is 0.611. The fourth-order valence-electron chi connectivity index (χ4n) is 2.25. The second-order valence-corrected chi connectivity index (χ2v) is 6.02. The fourth-order valence-corrected chi connectivity index (χ4v) is 2.25. The molecule has 0 radical (unpaired) electrons. The van der Waals surface area contributed by atoms with E-state index in [9.17, 15) is 8.78 Å². The molecule has 7 heteroatoms. The third kappa shape index (κ3) is 8.67. The van der Waals surface area contributed by atoms with Crippen LogP contribution in [0.25, 0.3) is 0 Å². The predicted octanol–water partition coefficient (Wildman–Crippen LogP) is 3.16. The molecule has 0 saturated heterocycles. The SMILES string of the molecule is CCNC(=NCc1cccc(OC(F)F)c1)NCCCOCC1CC1. The van der Waals surface area contributed by atoms with Crippen LogP contribution in [0, 0.1) is 5.92 Å². The summed E-state index contributed by atoms with van der Waals surface area (Å²) in [6.45, 7) is 2.70. The predicted molar refractivity (Wildman–Crippen MR) is 94.1 cm³/mol. The van der Waals surface area contributed by atoms with Crippen LogP contribution in [0.2, 0.25) is 0 Å². The van der Waals surface area contributed by atoms with E-state index >= 15 is 0 Å². The monoisotopic (exact) mass is 355 g/mol. The van der Waals surface area contributed by atoms with Gasteiger partial charge in [-0.25, -0.2) is 4.99 Å². The first kappa shape index (κ1) is 19.4. The van der Waals surface area contributed by atoms with E-state index in [0.29, 0.717) is 12.5 Å². The van der Waals surface area contributed by atoms with Crippen LogP contribution in [0.3, 0.4) is 0 Å². The van der Waals surface area contributed by atoms with Gasteiger partial charge in [-0.05, 0) is 49.8 Å². The van der Waals surface area contributed by atoms with Gasteiger partial charge in [-0.2, -0.15) is 8.78 Å². The Hall–Kier alpha value is -1.89. The average Bonchev–Trinajstić information content (AvgIpc) is 3.39. The number of nitrogens with zero attached hydrogens (tertiary/aromatic N) is 1. The summed E-state index contributed by atoms with van der Waals surface area (Å²) >= 11 is 0. The topological polar surface area (TPSA) is 54.9 Å². The van der Waals surface area contributed by atoms with Gasteiger partial charge < -0.3 is 20.1 Å². The Balaban J connectivity index is 1.73. The van der Waals surface area contributed by atoms with Crippen LogP contribution in [-0.2, 0) is 11.3 Å². The van der Waals surface area contributed by atoms with E-state index in [2.05, 4.69) is 20.4 Å². The molecule has 0 amide bonds. The smallest absolute Gasteiger partial charge is 0.387 e. The number of hydrogen-bond donors (Lipinski definition) is 2. The Morgan fingerprint density at radius 1 is 1.32 bits per heavy atom. The Kier molecular flexibility index (Phi) is 8.45. The second kappa shape index (κ2) is 10.9. The van der Waals surface area contributed by atoms with Crippen LogP contribution in [-0.4, -0.2) is 38.9 Å². The normalized spacial score (nSPS) is 14.6. The molecule has 0 heterocycles. The van der Waals surface area contributed by atoms with Gasteiger partial charge in [0, 0.05) is 26.3 Å². The molecule has 2 N–H and O–H groups in total. The van der Waals surface area contributed by atoms with Crippen LogP contribution >= 0.6 is 0 Å². The summed E-state index contributed by atoms with van der Waals surface area (Å²) in [6, 6.07) is 6.59. The van der Waals surface area contributed by atoms with Crippen molar-refractivity contribution in [3.8, 4) is 5.75 Å². The van der Waals surface area contributed by atoms with E-state index in [1.165, 1.54) is 18.9 Å². The van der Waals surface area contributed by atoms with Crippen molar-refractivity contribution in [1.82, 2.24) is 10.6 Å². The first-order valence-corrected chi connectivity index (χ1v) is 8.81. The number of ether oxygens (including phenoxy) is 2. The lowest BCUT2D eigenvalue weighted by Gasteiger charge is -2.12. The van der Waals surface area contributed by atoms with Gasteiger partial charge in [0.05, 0.1) is 6.54 Å². The first-order chi connectivity index (χ1) is 12.2. The number of halogens is 2. The molecule has 5 nitrogen and oxygen atoms in total. The lowest BCUT2D eigenvalue weighted by molar-refractivity contribution is -0.0498. The van der Waals surface area contributed by atoms with Crippen molar-refractivity contribution in [2.75, 3.05) is 26.3 Å². The molecule has 1 aliphatic carbocycles. The molecule has 140 valence electrons. The van der Waals surface area contributed by atoms with Crippen LogP contribution < -0.4 is 15.4 Å². The Bertz CT molecular complexity index is 537. The summed E-state index contributed by atoms with van der Waals surface area (Å²) in [7, 11) is 0. The standard InChI is InChI=1S/C18H27F2N3O2/c1-2-21-18(22-9-4-10-24-13-14-7-8-14)23-12-15-5-3-6-16(11-15)25-17(19)20/h3,5-6,11,14,17H,2,4,7-10,12-13H2,1H3,(H2,21,22,23). The lowest BCUT2D eigenvalue weighted by Crippen LogP contribution is -2.38. The zero-order valence-electron chi connectivity index (χ0n) is 14.6. The maximum Gasteiger partial charge on any atom is 0.387 e. The van der Waals surface area contributed by atoms with Crippen molar-refractivity contribution in [2.45, 2.75) is 39.3 Å².